The van der Waals surface area contributed by atoms with E-state index in [-0.39, 0.29) is 23.1 Å². The molecule has 0 aliphatic rings. The van der Waals surface area contributed by atoms with Crippen LogP contribution in [-0.4, -0.2) is 61.5 Å². The number of amides is 2. The van der Waals surface area contributed by atoms with Gasteiger partial charge in [-0.15, -0.1) is 0 Å². The smallest absolute Gasteiger partial charge is 0.414 e. The number of carbonyl (C=O) groups is 3. The Morgan fingerprint density at radius 2 is 1.93 bits per heavy atom. The summed E-state index contributed by atoms with van der Waals surface area (Å²) in [6.07, 6.45) is 3.01. The largest absolute Gasteiger partial charge is 0.491 e. The monoisotopic (exact) mass is 383 g/mol. The van der Waals surface area contributed by atoms with Gasteiger partial charge in [-0.05, 0) is 12.8 Å². The first-order valence-electron chi connectivity index (χ1n) is 8.55. The van der Waals surface area contributed by atoms with Gasteiger partial charge in [0.05, 0.1) is 12.7 Å². The molecule has 0 saturated heterocycles. The van der Waals surface area contributed by atoms with E-state index in [1.165, 1.54) is 19.4 Å². The number of carboxylic acid groups (broad SMARTS) is 1. The van der Waals surface area contributed by atoms with Gasteiger partial charge in [-0.25, -0.2) is 9.78 Å². The van der Waals surface area contributed by atoms with Crippen molar-refractivity contribution in [1.82, 2.24) is 15.6 Å². The number of hydrogen-bond donors (Lipinski definition) is 3. The zero-order valence-electron chi connectivity index (χ0n) is 15.4. The molecule has 3 N–H and O–H groups in total. The van der Waals surface area contributed by atoms with Gasteiger partial charge in [0.15, 0.2) is 5.75 Å². The Bertz CT molecular complexity index is 637. The molecule has 10 nitrogen and oxygen atoms in total. The Morgan fingerprint density at radius 3 is 2.59 bits per heavy atom. The second-order valence-electron chi connectivity index (χ2n) is 5.44. The molecule has 1 aromatic rings. The fraction of sp³-hybridized carbons (Fsp3) is 0.529. The van der Waals surface area contributed by atoms with Gasteiger partial charge in [0.25, 0.3) is 11.8 Å². The Hall–Kier alpha value is -2.88. The normalized spacial score (nSPS) is 10.1. The number of rotatable bonds is 12. The van der Waals surface area contributed by atoms with Crippen LogP contribution in [0.4, 0.5) is 4.79 Å². The fourth-order valence-corrected chi connectivity index (χ4v) is 1.88. The molecule has 0 saturated carbocycles. The maximum Gasteiger partial charge on any atom is 0.414 e. The summed E-state index contributed by atoms with van der Waals surface area (Å²) in [5, 5.41) is 13.3. The molecule has 1 rings (SSSR count). The number of aliphatic carboxylic acids is 1. The molecule has 0 radical (unpaired) electrons. The summed E-state index contributed by atoms with van der Waals surface area (Å²) in [6, 6.07) is 1.37. The number of nitrogens with zero attached hydrogens (tertiary/aromatic N) is 1. The molecule has 10 heteroatoms. The molecular formula is C17H25N3O7. The van der Waals surface area contributed by atoms with E-state index < -0.39 is 18.6 Å². The SMILES string of the molecule is CCCCOCCCNC(=O)c1cnc(OC(=O)NCC(=O)O)c(OC)c1. The van der Waals surface area contributed by atoms with Crippen molar-refractivity contribution in [3.63, 3.8) is 0 Å². The maximum atomic E-state index is 12.1. The summed E-state index contributed by atoms with van der Waals surface area (Å²) < 4.78 is 15.3. The van der Waals surface area contributed by atoms with Crippen molar-refractivity contribution in [2.24, 2.45) is 0 Å². The van der Waals surface area contributed by atoms with Crippen LogP contribution in [0.5, 0.6) is 11.6 Å². The van der Waals surface area contributed by atoms with Gasteiger partial charge in [-0.3, -0.25) is 9.59 Å². The second-order valence-corrected chi connectivity index (χ2v) is 5.44. The summed E-state index contributed by atoms with van der Waals surface area (Å²) in [5.41, 5.74) is 0.233. The third-order valence-corrected chi connectivity index (χ3v) is 3.27. The van der Waals surface area contributed by atoms with Crippen molar-refractivity contribution in [2.45, 2.75) is 26.2 Å². The highest BCUT2D eigenvalue weighted by Gasteiger charge is 2.15. The maximum absolute atomic E-state index is 12.1. The third kappa shape index (κ3) is 8.86. The van der Waals surface area contributed by atoms with Crippen LogP contribution < -0.4 is 20.1 Å². The first-order valence-corrected chi connectivity index (χ1v) is 8.55. The van der Waals surface area contributed by atoms with Crippen molar-refractivity contribution in [1.29, 1.82) is 0 Å². The molecule has 0 spiro atoms. The highest BCUT2D eigenvalue weighted by Crippen LogP contribution is 2.25. The van der Waals surface area contributed by atoms with Crippen molar-refractivity contribution in [3.8, 4) is 11.6 Å². The lowest BCUT2D eigenvalue weighted by molar-refractivity contribution is -0.135. The molecule has 1 heterocycles. The van der Waals surface area contributed by atoms with E-state index in [4.69, 9.17) is 19.3 Å². The van der Waals surface area contributed by atoms with Crippen LogP contribution in [0.25, 0.3) is 0 Å². The average molecular weight is 383 g/mol. The second kappa shape index (κ2) is 12.5. The Balaban J connectivity index is 2.51. The van der Waals surface area contributed by atoms with Crippen LogP contribution in [0.2, 0.25) is 0 Å². The topological polar surface area (TPSA) is 136 Å². The van der Waals surface area contributed by atoms with E-state index in [0.29, 0.717) is 26.2 Å². The lowest BCUT2D eigenvalue weighted by atomic mass is 10.2. The lowest BCUT2D eigenvalue weighted by Crippen LogP contribution is -2.32. The van der Waals surface area contributed by atoms with Crippen LogP contribution in [0.3, 0.4) is 0 Å². The Morgan fingerprint density at radius 1 is 1.19 bits per heavy atom. The van der Waals surface area contributed by atoms with E-state index in [9.17, 15) is 14.4 Å². The van der Waals surface area contributed by atoms with Gasteiger partial charge in [-0.1, -0.05) is 13.3 Å². The van der Waals surface area contributed by atoms with Crippen LogP contribution in [0.15, 0.2) is 12.3 Å². The molecule has 150 valence electrons. The minimum Gasteiger partial charge on any atom is -0.491 e. The van der Waals surface area contributed by atoms with Crippen molar-refractivity contribution >= 4 is 18.0 Å². The van der Waals surface area contributed by atoms with E-state index in [1.54, 1.807) is 0 Å². The van der Waals surface area contributed by atoms with E-state index in [2.05, 4.69) is 17.2 Å². The molecule has 2 amide bonds. The summed E-state index contributed by atoms with van der Waals surface area (Å²) in [4.78, 5) is 37.9. The average Bonchev–Trinajstić information content (AvgIpc) is 2.65. The Labute approximate surface area is 157 Å². The first-order chi connectivity index (χ1) is 13.0. The predicted octanol–water partition coefficient (Wildman–Crippen LogP) is 1.20. The van der Waals surface area contributed by atoms with Crippen molar-refractivity contribution in [2.75, 3.05) is 33.4 Å². The highest BCUT2D eigenvalue weighted by molar-refractivity contribution is 5.94. The molecule has 0 fully saturated rings. The summed E-state index contributed by atoms with van der Waals surface area (Å²) >= 11 is 0. The van der Waals surface area contributed by atoms with Crippen molar-refractivity contribution in [3.05, 3.63) is 17.8 Å². The number of nitrogens with one attached hydrogen (secondary N) is 2. The van der Waals surface area contributed by atoms with E-state index in [1.807, 2.05) is 5.32 Å². The van der Waals surface area contributed by atoms with Gasteiger partial charge in [0.1, 0.15) is 6.54 Å². The number of ether oxygens (including phenoxy) is 3. The van der Waals surface area contributed by atoms with E-state index >= 15 is 0 Å². The van der Waals surface area contributed by atoms with Gasteiger partial charge in [0, 0.05) is 32.0 Å². The summed E-state index contributed by atoms with van der Waals surface area (Å²) in [6.45, 7) is 3.23. The zero-order chi connectivity index (χ0) is 20.1. The van der Waals surface area contributed by atoms with Crippen LogP contribution in [0, 0.1) is 0 Å². The van der Waals surface area contributed by atoms with Crippen molar-refractivity contribution < 1.29 is 33.7 Å². The van der Waals surface area contributed by atoms with Gasteiger partial charge >= 0.3 is 12.1 Å². The van der Waals surface area contributed by atoms with Gasteiger partial charge < -0.3 is 30.0 Å². The highest BCUT2D eigenvalue weighted by atomic mass is 16.6. The van der Waals surface area contributed by atoms with Crippen LogP contribution in [0.1, 0.15) is 36.5 Å². The molecular weight excluding hydrogens is 358 g/mol. The summed E-state index contributed by atoms with van der Waals surface area (Å²) in [7, 11) is 1.33. The number of hydrogen-bond acceptors (Lipinski definition) is 7. The van der Waals surface area contributed by atoms with Crippen LogP contribution >= 0.6 is 0 Å². The summed E-state index contributed by atoms with van der Waals surface area (Å²) in [5.74, 6) is -1.68. The molecule has 27 heavy (non-hydrogen) atoms. The molecule has 0 aliphatic heterocycles. The standard InChI is InChI=1S/C17H25N3O7/c1-3-4-7-26-8-5-6-18-15(23)12-9-13(25-2)16(19-10-12)27-17(24)20-11-14(21)22/h9-10H,3-8,11H2,1-2H3,(H,18,23)(H,20,24)(H,21,22). The third-order valence-electron chi connectivity index (χ3n) is 3.27. The van der Waals surface area contributed by atoms with Crippen LogP contribution in [-0.2, 0) is 9.53 Å². The number of aromatic nitrogens is 1. The molecule has 0 unspecified atom stereocenters. The first kappa shape index (κ1) is 22.2. The number of carboxylic acids is 1. The minimum atomic E-state index is -1.21. The van der Waals surface area contributed by atoms with Gasteiger partial charge in [0.2, 0.25) is 0 Å². The zero-order valence-corrected chi connectivity index (χ0v) is 15.4. The Kier molecular flexibility index (Phi) is 10.2. The minimum absolute atomic E-state index is 0.0658. The molecule has 0 aromatic carbocycles. The fourth-order valence-electron chi connectivity index (χ4n) is 1.88. The predicted molar refractivity (Wildman–Crippen MR) is 95.1 cm³/mol. The van der Waals surface area contributed by atoms with Gasteiger partial charge in [-0.2, -0.15) is 0 Å². The quantitative estimate of drug-likeness (QED) is 0.458. The number of carbonyl (C=O) groups excluding carboxylic acids is 2. The number of methoxy groups -OCH3 is 1. The molecule has 0 bridgehead atoms. The molecule has 0 aliphatic carbocycles. The van der Waals surface area contributed by atoms with E-state index in [0.717, 1.165) is 12.8 Å². The molecule has 1 aromatic heterocycles. The lowest BCUT2D eigenvalue weighted by Gasteiger charge is -2.10. The number of unbranched alkanes of at least 4 members (excludes halogenated alkanes) is 1. The number of pyridine rings is 1. The molecule has 0 atom stereocenters.